The molecule has 5 rings (SSSR count). The summed E-state index contributed by atoms with van der Waals surface area (Å²) >= 11 is 0.373. The normalized spacial score (nSPS) is 24.4. The number of hydrogen-bond donors (Lipinski definition) is 1. The van der Waals surface area contributed by atoms with Gasteiger partial charge in [-0.15, -0.1) is 11.3 Å². The van der Waals surface area contributed by atoms with Crippen LogP contribution in [0.1, 0.15) is 91.2 Å². The molecule has 1 amide bonds. The van der Waals surface area contributed by atoms with Gasteiger partial charge in [0.2, 0.25) is 0 Å². The largest absolute Gasteiger partial charge is 0.493 e. The molecule has 1 N–H and O–H groups in total. The molecule has 3 heterocycles. The van der Waals surface area contributed by atoms with Gasteiger partial charge in [-0.2, -0.15) is 31.6 Å². The van der Waals surface area contributed by atoms with E-state index in [-0.39, 0.29) is 70.0 Å². The van der Waals surface area contributed by atoms with Crippen LogP contribution in [0.2, 0.25) is 0 Å². The summed E-state index contributed by atoms with van der Waals surface area (Å²) in [6.45, 7) is 3.11. The minimum Gasteiger partial charge on any atom is -0.493 e. The zero-order chi connectivity index (χ0) is 40.2. The number of hydrogen-bond acceptors (Lipinski definition) is 8. The molecule has 9 nitrogen and oxygen atoms in total. The lowest BCUT2D eigenvalue weighted by molar-refractivity contribution is -0.151. The van der Waals surface area contributed by atoms with Crippen LogP contribution in [0, 0.1) is 17.2 Å². The number of likely N-dealkylation sites (tertiary alicyclic amines) is 1. The lowest BCUT2D eigenvalue weighted by atomic mass is 9.63. The van der Waals surface area contributed by atoms with Gasteiger partial charge in [-0.05, 0) is 69.6 Å². The summed E-state index contributed by atoms with van der Waals surface area (Å²) in [7, 11) is -3.24. The summed E-state index contributed by atoms with van der Waals surface area (Å²) in [4.78, 5) is 42.7. The molecule has 17 heteroatoms. The third-order valence-corrected chi connectivity index (χ3v) is 12.5. The van der Waals surface area contributed by atoms with Gasteiger partial charge in [0.25, 0.3) is 5.91 Å². The number of ketones is 1. The van der Waals surface area contributed by atoms with Crippen molar-refractivity contribution in [1.29, 1.82) is 5.26 Å². The minimum atomic E-state index is -4.92. The molecule has 3 atom stereocenters. The van der Waals surface area contributed by atoms with Crippen LogP contribution in [-0.4, -0.2) is 64.1 Å². The summed E-state index contributed by atoms with van der Waals surface area (Å²) < 4.78 is 107. The smallest absolute Gasteiger partial charge is 0.425 e. The van der Waals surface area contributed by atoms with Crippen LogP contribution in [0.5, 0.6) is 11.5 Å². The van der Waals surface area contributed by atoms with Crippen molar-refractivity contribution in [3.05, 3.63) is 75.7 Å². The molecule has 2 fully saturated rings. The Morgan fingerprint density at radius 3 is 2.42 bits per heavy atom. The molecule has 0 bridgehead atoms. The number of ether oxygens (including phenoxy) is 2. The number of Topliss-reactive ketones (excluding diaryl/α,β-unsaturated/α-hetero) is 1. The first-order valence-electron chi connectivity index (χ1n) is 18.0. The van der Waals surface area contributed by atoms with Gasteiger partial charge in [0.15, 0.2) is 18.8 Å². The molecule has 2 aliphatic rings. The second kappa shape index (κ2) is 16.7. The lowest BCUT2D eigenvalue weighted by Crippen LogP contribution is -2.66. The van der Waals surface area contributed by atoms with E-state index in [0.717, 1.165) is 34.7 Å². The number of para-hydroxylation sites is 1. The number of halogens is 6. The second-order valence-corrected chi connectivity index (χ2v) is 17.7. The van der Waals surface area contributed by atoms with Gasteiger partial charge >= 0.3 is 12.4 Å². The van der Waals surface area contributed by atoms with Gasteiger partial charge in [-0.25, -0.2) is 0 Å². The molecule has 298 valence electrons. The van der Waals surface area contributed by atoms with E-state index in [1.165, 1.54) is 6.66 Å². The van der Waals surface area contributed by atoms with Crippen LogP contribution < -0.4 is 9.47 Å². The van der Waals surface area contributed by atoms with Gasteiger partial charge in [-0.1, -0.05) is 31.5 Å². The van der Waals surface area contributed by atoms with Crippen LogP contribution in [0.3, 0.4) is 0 Å². The number of thiophene rings is 1. The molecule has 1 aliphatic carbocycles. The molecule has 1 aliphatic heterocycles. The zero-order valence-electron chi connectivity index (χ0n) is 30.3. The SMILES string of the molecule is CCC[C@H]1N(C(=O)c2ncccc2C(F)(F)F)CCC[C@@]1(Oc1csc(C(F)(F)F)c1)C(=O)C1CCC(C#N)(c2ccccc2OCCCP(C)(=O)O)CC1. The fourth-order valence-corrected chi connectivity index (χ4v) is 9.20. The molecule has 3 aromatic rings. The summed E-state index contributed by atoms with van der Waals surface area (Å²) in [6, 6.07) is 10.8. The Hall–Kier alpha value is -3.93. The van der Waals surface area contributed by atoms with Crippen LogP contribution in [0.15, 0.2) is 54.0 Å². The average Bonchev–Trinajstić information content (AvgIpc) is 3.62. The molecule has 55 heavy (non-hydrogen) atoms. The highest BCUT2D eigenvalue weighted by atomic mass is 32.1. The number of benzene rings is 1. The van der Waals surface area contributed by atoms with Crippen molar-refractivity contribution in [3.63, 3.8) is 0 Å². The minimum absolute atomic E-state index is 0.0130. The number of nitrogens with zero attached hydrogens (tertiary/aromatic N) is 3. The number of carbonyl (C=O) groups excluding carboxylic acids is 2. The first kappa shape index (κ1) is 42.2. The van der Waals surface area contributed by atoms with Gasteiger partial charge in [0.1, 0.15) is 22.1 Å². The number of alkyl halides is 6. The van der Waals surface area contributed by atoms with Crippen molar-refractivity contribution in [2.75, 3.05) is 26.0 Å². The van der Waals surface area contributed by atoms with E-state index in [1.807, 2.05) is 0 Å². The number of piperidine rings is 1. The molecule has 0 spiro atoms. The second-order valence-electron chi connectivity index (χ2n) is 14.2. The molecule has 0 radical (unpaired) electrons. The number of pyridine rings is 1. The van der Waals surface area contributed by atoms with E-state index >= 15 is 4.79 Å². The van der Waals surface area contributed by atoms with E-state index in [1.54, 1.807) is 31.2 Å². The molecular weight excluding hydrogens is 771 g/mol. The Labute approximate surface area is 319 Å². The van der Waals surface area contributed by atoms with Gasteiger partial charge < -0.3 is 19.3 Å². The van der Waals surface area contributed by atoms with Crippen LogP contribution >= 0.6 is 18.7 Å². The Balaban J connectivity index is 1.49. The fraction of sp³-hybridized carbons (Fsp3) is 0.526. The van der Waals surface area contributed by atoms with Crippen LogP contribution in [0.25, 0.3) is 0 Å². The van der Waals surface area contributed by atoms with Crippen molar-refractivity contribution in [2.24, 2.45) is 5.92 Å². The molecule has 2 aromatic heterocycles. The summed E-state index contributed by atoms with van der Waals surface area (Å²) in [5.41, 5.74) is -4.53. The number of aromatic nitrogens is 1. The molecule has 1 saturated heterocycles. The quantitative estimate of drug-likeness (QED) is 0.103. The number of amides is 1. The highest BCUT2D eigenvalue weighted by Crippen LogP contribution is 2.49. The topological polar surface area (TPSA) is 130 Å². The van der Waals surface area contributed by atoms with Crippen molar-refractivity contribution in [3.8, 4) is 17.6 Å². The number of nitriles is 1. The average molecular weight is 814 g/mol. The molecule has 1 unspecified atom stereocenters. The zero-order valence-corrected chi connectivity index (χ0v) is 32.0. The Morgan fingerprint density at radius 1 is 1.09 bits per heavy atom. The van der Waals surface area contributed by atoms with Gasteiger partial charge in [0.05, 0.1) is 29.7 Å². The predicted molar refractivity (Wildman–Crippen MR) is 192 cm³/mol. The van der Waals surface area contributed by atoms with Crippen molar-refractivity contribution >= 4 is 30.4 Å². The maximum absolute atomic E-state index is 15.0. The maximum Gasteiger partial charge on any atom is 0.425 e. The van der Waals surface area contributed by atoms with Crippen LogP contribution in [0.4, 0.5) is 26.3 Å². The summed E-state index contributed by atoms with van der Waals surface area (Å²) in [5, 5.41) is 11.7. The standard InChI is InChI=1S/C38H42F6N3O6PS/c1-3-9-30-36(53-26-22-31(55-23-26)38(42,43)44,15-7-19-47(30)34(49)32-28(37(39,40)41)11-6-18-46-32)33(48)25-13-16-35(24-45,17-14-25)27-10-4-5-12-29(27)52-20-8-21-54(2,50)51/h4-6,10-12,18,22-23,25,30H,3,7-9,13-17,19-21H2,1-2H3,(H,50,51)/t25?,30-,35?,36+/m1/s1. The van der Waals surface area contributed by atoms with E-state index < -0.39 is 70.5 Å². The highest BCUT2D eigenvalue weighted by molar-refractivity contribution is 7.57. The third-order valence-electron chi connectivity index (χ3n) is 10.4. The van der Waals surface area contributed by atoms with Crippen LogP contribution in [-0.2, 0) is 27.1 Å². The fourth-order valence-electron chi connectivity index (χ4n) is 7.81. The highest BCUT2D eigenvalue weighted by Gasteiger charge is 2.57. The lowest BCUT2D eigenvalue weighted by Gasteiger charge is -2.50. The molecule has 1 aromatic carbocycles. The maximum atomic E-state index is 15.0. The Kier molecular flexibility index (Phi) is 12.8. The van der Waals surface area contributed by atoms with Gasteiger partial charge in [0, 0.05) is 48.5 Å². The van der Waals surface area contributed by atoms with Crippen molar-refractivity contribution in [1.82, 2.24) is 9.88 Å². The van der Waals surface area contributed by atoms with E-state index in [4.69, 9.17) is 9.47 Å². The van der Waals surface area contributed by atoms with Crippen molar-refractivity contribution in [2.45, 2.75) is 94.1 Å². The summed E-state index contributed by atoms with van der Waals surface area (Å²) in [6.07, 6.45) is -6.94. The third kappa shape index (κ3) is 9.38. The predicted octanol–water partition coefficient (Wildman–Crippen LogP) is 9.29. The monoisotopic (exact) mass is 813 g/mol. The summed E-state index contributed by atoms with van der Waals surface area (Å²) in [5.74, 6) is -2.16. The van der Waals surface area contributed by atoms with E-state index in [2.05, 4.69) is 11.1 Å². The van der Waals surface area contributed by atoms with E-state index in [9.17, 15) is 45.9 Å². The number of rotatable bonds is 13. The van der Waals surface area contributed by atoms with Crippen molar-refractivity contribution < 1.29 is 54.9 Å². The molecular formula is C38H42F6N3O6PS. The van der Waals surface area contributed by atoms with Gasteiger partial charge in [-0.3, -0.25) is 19.1 Å². The Bertz CT molecular complexity index is 1930. The Morgan fingerprint density at radius 2 is 1.80 bits per heavy atom. The number of carbonyl (C=O) groups is 2. The van der Waals surface area contributed by atoms with E-state index in [0.29, 0.717) is 35.5 Å². The first-order valence-corrected chi connectivity index (χ1v) is 21.2. The first-order chi connectivity index (χ1) is 25.8. The molecule has 1 saturated carbocycles.